The van der Waals surface area contributed by atoms with E-state index in [0.29, 0.717) is 70.6 Å². The molecule has 0 aliphatic carbocycles. The Morgan fingerprint density at radius 3 is 1.44 bits per heavy atom. The normalized spacial score (nSPS) is 21.9. The van der Waals surface area contributed by atoms with Crippen LogP contribution >= 0.6 is 33.8 Å². The molecule has 0 saturated carbocycles. The first kappa shape index (κ1) is 64.1. The number of hydrogen-bond acceptors (Lipinski definition) is 14. The van der Waals surface area contributed by atoms with Crippen molar-refractivity contribution < 1.29 is 37.8 Å². The number of nitrogens with zero attached hydrogens (tertiary/aromatic N) is 10. The Morgan fingerprint density at radius 1 is 0.581 bits per heavy atom. The van der Waals surface area contributed by atoms with Crippen LogP contribution in [0, 0.1) is 0 Å². The maximum atomic E-state index is 12.4. The fraction of sp³-hybridized carbons (Fsp3) is 0.562. The average molecular weight is 1280 g/mol. The Hall–Kier alpha value is -4.88. The van der Waals surface area contributed by atoms with Gasteiger partial charge in [0.05, 0.1) is 60.0 Å². The predicted molar refractivity (Wildman–Crippen MR) is 352 cm³/mol. The number of aromatic nitrogens is 4. The van der Waals surface area contributed by atoms with Crippen molar-refractivity contribution in [1.29, 1.82) is 0 Å². The molecule has 7 aliphatic heterocycles. The highest BCUT2D eigenvalue weighted by Crippen LogP contribution is 2.38. The van der Waals surface area contributed by atoms with Gasteiger partial charge in [-0.15, -0.1) is 17.9 Å². The van der Waals surface area contributed by atoms with Crippen LogP contribution in [0.25, 0.3) is 22.2 Å². The molecule has 2 amide bonds. The van der Waals surface area contributed by atoms with E-state index in [1.807, 2.05) is 27.5 Å². The van der Waals surface area contributed by atoms with Crippen LogP contribution < -0.4 is 15.3 Å². The van der Waals surface area contributed by atoms with Gasteiger partial charge in [0.15, 0.2) is 12.2 Å². The highest BCUT2D eigenvalue weighted by atomic mass is 79.9. The molecule has 4 aromatic heterocycles. The van der Waals surface area contributed by atoms with Crippen LogP contribution in [0.4, 0.5) is 21.0 Å². The van der Waals surface area contributed by atoms with Crippen molar-refractivity contribution in [2.75, 3.05) is 115 Å². The van der Waals surface area contributed by atoms with E-state index in [0.717, 1.165) is 66.5 Å². The van der Waals surface area contributed by atoms with Gasteiger partial charge in [0, 0.05) is 118 Å². The second kappa shape index (κ2) is 28.7. The fourth-order valence-electron chi connectivity index (χ4n) is 12.3. The maximum absolute atomic E-state index is 12.4. The van der Waals surface area contributed by atoms with Gasteiger partial charge in [0.1, 0.15) is 0 Å². The van der Waals surface area contributed by atoms with E-state index in [1.54, 1.807) is 16.0 Å². The molecule has 2 aromatic carbocycles. The number of hydrogen-bond donors (Lipinski definition) is 0. The molecule has 464 valence electrons. The third-order valence-electron chi connectivity index (χ3n) is 18.4. The Kier molecular flexibility index (Phi) is 21.4. The van der Waals surface area contributed by atoms with E-state index < -0.39 is 18.3 Å². The number of fused-ring (bicyclic) bond motifs is 2. The smallest absolute Gasteiger partial charge is 0.441 e. The Labute approximate surface area is 522 Å². The van der Waals surface area contributed by atoms with Crippen LogP contribution in [0.1, 0.15) is 104 Å². The number of rotatable bonds is 10. The van der Waals surface area contributed by atoms with Gasteiger partial charge in [0.2, 0.25) is 0 Å². The van der Waals surface area contributed by atoms with Gasteiger partial charge < -0.3 is 57.7 Å². The molecule has 86 heavy (non-hydrogen) atoms. The minimum Gasteiger partial charge on any atom is -0.441 e. The molecule has 4 atom stereocenters. The van der Waals surface area contributed by atoms with Gasteiger partial charge in [-0.2, -0.15) is 10.2 Å². The number of likely N-dealkylation sites (tertiary alicyclic amines) is 2. The van der Waals surface area contributed by atoms with Crippen LogP contribution in [0.2, 0.25) is 0 Å². The van der Waals surface area contributed by atoms with Crippen molar-refractivity contribution in [3.63, 3.8) is 0 Å². The van der Waals surface area contributed by atoms with Crippen LogP contribution in [-0.2, 0) is 28.3 Å². The number of amides is 2. The molecule has 18 nitrogen and oxygen atoms in total. The number of anilines is 2. The lowest BCUT2D eigenvalue weighted by Crippen LogP contribution is -2.51. The molecule has 0 radical (unpaired) electrons. The molecule has 22 heteroatoms. The third-order valence-corrected chi connectivity index (χ3v) is 19.0. The summed E-state index contributed by atoms with van der Waals surface area (Å²) in [4.78, 5) is 38.1. The molecule has 0 bridgehead atoms. The lowest BCUT2D eigenvalue weighted by atomic mass is 9.81. The number of piperazine rings is 2. The highest BCUT2D eigenvalue weighted by Gasteiger charge is 2.52. The minimum absolute atomic E-state index is 0.0871. The van der Waals surface area contributed by atoms with Gasteiger partial charge in [-0.05, 0) is 159 Å². The average Bonchev–Trinajstić information content (AvgIpc) is 1.88. The van der Waals surface area contributed by atoms with Gasteiger partial charge in [-0.1, -0.05) is 52.3 Å². The molecule has 11 heterocycles. The largest absolute Gasteiger partial charge is 0.496 e. The van der Waals surface area contributed by atoms with Crippen LogP contribution in [0.3, 0.4) is 0 Å². The zero-order chi connectivity index (χ0) is 60.7. The standard InChI is InChI=1S/C29H37N5O3.C21H29BN4O5.C14H20BrN.H4P2/c1-21(2)33-11-3-4-24(17-33)22-5-7-23(8-6-22)25-16-28-27(9-10-30-34(28)18-25)31-12-14-32(15-13-31)29(35)37-26-19-36-20-26;1-20(2)21(3,4)31-22(30-20)15-11-18-17(5-6-23-26(18)12-15)24-7-9-25(10-8-24)19(27)29-16-13-28-14-16;1-11(2)16-9-3-4-13(10-16)12-5-7-14(15)8-6-12;1-2/h5-10,16,18,21,24,26H,3-4,11-15,17,19-20H2,1-2H3;5-6,11-12,16H,7-10,13-14H2,1-4H3;5-8,11,13H,3-4,9-10H2,1-2H3;1-2H2/t24-;;13-;/m1.1./s1. The summed E-state index contributed by atoms with van der Waals surface area (Å²) in [5.41, 5.74) is 9.80. The fourth-order valence-corrected chi connectivity index (χ4v) is 12.5. The molecule has 0 N–H and O–H groups in total. The summed E-state index contributed by atoms with van der Waals surface area (Å²) < 4.78 is 38.5. The number of carbonyl (C=O) groups is 2. The molecule has 0 spiro atoms. The Morgan fingerprint density at radius 2 is 1.01 bits per heavy atom. The monoisotopic (exact) mass is 1280 g/mol. The Balaban J connectivity index is 0.000000151. The quantitative estimate of drug-likeness (QED) is 0.0948. The molecule has 6 aromatic rings. The van der Waals surface area contributed by atoms with Crippen molar-refractivity contribution in [2.45, 2.75) is 128 Å². The summed E-state index contributed by atoms with van der Waals surface area (Å²) in [5.74, 6) is 1.34. The van der Waals surface area contributed by atoms with Gasteiger partial charge in [-0.25, -0.2) is 18.6 Å². The lowest BCUT2D eigenvalue weighted by Gasteiger charge is -2.37. The van der Waals surface area contributed by atoms with E-state index in [4.69, 9.17) is 28.3 Å². The second-order valence-electron chi connectivity index (χ2n) is 25.2. The third kappa shape index (κ3) is 15.2. The van der Waals surface area contributed by atoms with Crippen molar-refractivity contribution in [3.05, 3.63) is 113 Å². The van der Waals surface area contributed by atoms with E-state index in [9.17, 15) is 9.59 Å². The van der Waals surface area contributed by atoms with E-state index >= 15 is 0 Å². The van der Waals surface area contributed by atoms with Crippen molar-refractivity contribution in [2.24, 2.45) is 0 Å². The molecular formula is C64H90BBrN10O8P2. The first-order chi connectivity index (χ1) is 41.4. The second-order valence-corrected chi connectivity index (χ2v) is 26.2. The van der Waals surface area contributed by atoms with Crippen molar-refractivity contribution >= 4 is 81.0 Å². The molecule has 2 unspecified atom stereocenters. The zero-order valence-corrected chi connectivity index (χ0v) is 55.6. The number of piperidine rings is 2. The van der Waals surface area contributed by atoms with E-state index in [-0.39, 0.29) is 24.4 Å². The van der Waals surface area contributed by atoms with Crippen LogP contribution in [0.5, 0.6) is 0 Å². The van der Waals surface area contributed by atoms with Crippen LogP contribution in [-0.4, -0.2) is 199 Å². The lowest BCUT2D eigenvalue weighted by molar-refractivity contribution is -0.105. The number of ether oxygens (including phenoxy) is 4. The molecule has 7 aliphatic rings. The first-order valence-corrected chi connectivity index (χ1v) is 34.5. The summed E-state index contributed by atoms with van der Waals surface area (Å²) in [6.07, 6.45) is 12.3. The van der Waals surface area contributed by atoms with E-state index in [2.05, 4.69) is 192 Å². The summed E-state index contributed by atoms with van der Waals surface area (Å²) in [6.45, 7) is 29.8. The topological polar surface area (TPSA) is 144 Å². The van der Waals surface area contributed by atoms with Gasteiger partial charge in [-0.3, -0.25) is 0 Å². The SMILES string of the molecule is CC(C)N1CCC[C@@H](c2ccc(-c3cc4c(N5CCN(C(=O)OC6COC6)CC5)ccnn4c3)cc2)C1.CC(C)N1CCC[C@@H](c2ccc(Br)cc2)C1.CC1(C)OB(c2cc3c(N4CCN(C(=O)OC5COC5)CC4)ccnn3c2)OC1(C)C.PP. The van der Waals surface area contributed by atoms with Crippen molar-refractivity contribution in [3.8, 4) is 11.1 Å². The maximum Gasteiger partial charge on any atom is 0.496 e. The Bertz CT molecular complexity index is 3170. The van der Waals surface area contributed by atoms with E-state index in [1.165, 1.54) is 72.0 Å². The predicted octanol–water partition coefficient (Wildman–Crippen LogP) is 10.2. The van der Waals surface area contributed by atoms with Crippen molar-refractivity contribution in [1.82, 2.24) is 38.8 Å². The summed E-state index contributed by atoms with van der Waals surface area (Å²) in [6, 6.07) is 27.7. The first-order valence-electron chi connectivity index (χ1n) is 31.0. The minimum atomic E-state index is -0.429. The van der Waals surface area contributed by atoms with Gasteiger partial charge in [0.25, 0.3) is 0 Å². The molecular weight excluding hydrogens is 1190 g/mol. The summed E-state index contributed by atoms with van der Waals surface area (Å²) in [7, 11) is 4.24. The number of benzene rings is 2. The summed E-state index contributed by atoms with van der Waals surface area (Å²) >= 11 is 3.49. The number of carbonyl (C=O) groups excluding carboxylic acids is 2. The summed E-state index contributed by atoms with van der Waals surface area (Å²) in [5, 5.41) is 9.05. The molecule has 13 rings (SSSR count). The van der Waals surface area contributed by atoms with Gasteiger partial charge >= 0.3 is 19.3 Å². The molecule has 7 fully saturated rings. The zero-order valence-electron chi connectivity index (χ0n) is 51.7. The molecule has 7 saturated heterocycles. The number of halogens is 1. The van der Waals surface area contributed by atoms with Crippen LogP contribution in [0.15, 0.2) is 102 Å². The highest BCUT2D eigenvalue weighted by molar-refractivity contribution is 9.10.